The molecule has 2 atom stereocenters. The molecule has 2 aliphatic rings. The molecule has 6 heteroatoms. The zero-order valence-corrected chi connectivity index (χ0v) is 15.1. The Morgan fingerprint density at radius 3 is 2.46 bits per heavy atom. The van der Waals surface area contributed by atoms with Crippen LogP contribution >= 0.6 is 0 Å². The average molecular weight is 353 g/mol. The molecule has 0 amide bonds. The van der Waals surface area contributed by atoms with Crippen LogP contribution in [0.25, 0.3) is 0 Å². The lowest BCUT2D eigenvalue weighted by atomic mass is 10.0. The number of ether oxygens (including phenoxy) is 2. The lowest BCUT2D eigenvalue weighted by Gasteiger charge is -2.25. The Morgan fingerprint density at radius 1 is 1.08 bits per heavy atom. The summed E-state index contributed by atoms with van der Waals surface area (Å²) in [4.78, 5) is 0. The molecule has 0 spiro atoms. The SMILES string of the molecule is CCCCCCc1ccc(C2OC2S(=O)(=O)N2CCOCC2)cc1. The second-order valence-corrected chi connectivity index (χ2v) is 8.54. The topological polar surface area (TPSA) is 59.1 Å². The van der Waals surface area contributed by atoms with Gasteiger partial charge in [0.2, 0.25) is 15.5 Å². The van der Waals surface area contributed by atoms with Gasteiger partial charge < -0.3 is 9.47 Å². The van der Waals surface area contributed by atoms with Gasteiger partial charge in [0.1, 0.15) is 6.10 Å². The molecular weight excluding hydrogens is 326 g/mol. The Hall–Kier alpha value is -0.950. The van der Waals surface area contributed by atoms with Gasteiger partial charge in [0, 0.05) is 13.1 Å². The molecule has 2 heterocycles. The van der Waals surface area contributed by atoms with Crippen molar-refractivity contribution in [1.82, 2.24) is 4.31 Å². The molecule has 0 saturated carbocycles. The number of nitrogens with zero attached hydrogens (tertiary/aromatic N) is 1. The van der Waals surface area contributed by atoms with Crippen LogP contribution in [-0.4, -0.2) is 44.5 Å². The minimum Gasteiger partial charge on any atom is -0.379 e. The van der Waals surface area contributed by atoms with Crippen LogP contribution in [0.1, 0.15) is 49.8 Å². The second kappa shape index (κ2) is 7.95. The van der Waals surface area contributed by atoms with Crippen molar-refractivity contribution in [2.24, 2.45) is 0 Å². The maximum atomic E-state index is 12.5. The molecule has 0 radical (unpaired) electrons. The predicted octanol–water partition coefficient (Wildman–Crippen LogP) is 2.87. The number of rotatable bonds is 8. The van der Waals surface area contributed by atoms with Crippen LogP contribution in [0.3, 0.4) is 0 Å². The number of sulfonamides is 1. The van der Waals surface area contributed by atoms with Crippen molar-refractivity contribution < 1.29 is 17.9 Å². The number of epoxide rings is 1. The molecule has 2 aliphatic heterocycles. The quantitative estimate of drug-likeness (QED) is 0.533. The molecule has 2 saturated heterocycles. The summed E-state index contributed by atoms with van der Waals surface area (Å²) in [5.41, 5.74) is 1.53. The lowest BCUT2D eigenvalue weighted by molar-refractivity contribution is 0.0725. The highest BCUT2D eigenvalue weighted by atomic mass is 32.2. The van der Waals surface area contributed by atoms with Gasteiger partial charge in [0.15, 0.2) is 0 Å². The van der Waals surface area contributed by atoms with E-state index in [0.29, 0.717) is 26.3 Å². The molecule has 3 rings (SSSR count). The van der Waals surface area contributed by atoms with E-state index >= 15 is 0 Å². The Labute approximate surface area is 145 Å². The fraction of sp³-hybridized carbons (Fsp3) is 0.667. The van der Waals surface area contributed by atoms with Crippen LogP contribution in [0.15, 0.2) is 24.3 Å². The van der Waals surface area contributed by atoms with Crippen LogP contribution in [0, 0.1) is 0 Å². The molecular formula is C18H27NO4S. The predicted molar refractivity (Wildman–Crippen MR) is 93.2 cm³/mol. The first-order valence-corrected chi connectivity index (χ1v) is 10.4. The highest BCUT2D eigenvalue weighted by Gasteiger charge is 2.52. The first-order valence-electron chi connectivity index (χ1n) is 8.94. The Bertz CT molecular complexity index is 623. The van der Waals surface area contributed by atoms with Crippen molar-refractivity contribution in [3.05, 3.63) is 35.4 Å². The molecule has 24 heavy (non-hydrogen) atoms. The molecule has 5 nitrogen and oxygen atoms in total. The van der Waals surface area contributed by atoms with E-state index in [1.165, 1.54) is 35.6 Å². The van der Waals surface area contributed by atoms with Crippen molar-refractivity contribution in [3.8, 4) is 0 Å². The summed E-state index contributed by atoms with van der Waals surface area (Å²) in [7, 11) is -3.39. The molecule has 1 aromatic rings. The van der Waals surface area contributed by atoms with Crippen LogP contribution in [0.5, 0.6) is 0 Å². The summed E-state index contributed by atoms with van der Waals surface area (Å²) in [5, 5.41) is 0. The van der Waals surface area contributed by atoms with Gasteiger partial charge >= 0.3 is 0 Å². The van der Waals surface area contributed by atoms with E-state index in [0.717, 1.165) is 12.0 Å². The van der Waals surface area contributed by atoms with Gasteiger partial charge in [0.05, 0.1) is 13.2 Å². The summed E-state index contributed by atoms with van der Waals surface area (Å²) in [6, 6.07) is 8.21. The summed E-state index contributed by atoms with van der Waals surface area (Å²) in [6.07, 6.45) is 5.77. The molecule has 0 aliphatic carbocycles. The monoisotopic (exact) mass is 353 g/mol. The van der Waals surface area contributed by atoms with Crippen molar-refractivity contribution >= 4 is 10.0 Å². The van der Waals surface area contributed by atoms with Crippen LogP contribution < -0.4 is 0 Å². The normalized spacial score (nSPS) is 24.9. The van der Waals surface area contributed by atoms with Crippen molar-refractivity contribution in [1.29, 1.82) is 0 Å². The van der Waals surface area contributed by atoms with Crippen LogP contribution in [-0.2, 0) is 25.9 Å². The summed E-state index contributed by atoms with van der Waals surface area (Å²) in [6.45, 7) is 3.98. The van der Waals surface area contributed by atoms with E-state index in [1.54, 1.807) is 0 Å². The van der Waals surface area contributed by atoms with Crippen molar-refractivity contribution in [2.45, 2.75) is 50.6 Å². The van der Waals surface area contributed by atoms with E-state index in [-0.39, 0.29) is 6.10 Å². The number of morpholine rings is 1. The maximum Gasteiger partial charge on any atom is 0.244 e. The van der Waals surface area contributed by atoms with Gasteiger partial charge in [-0.05, 0) is 24.0 Å². The summed E-state index contributed by atoms with van der Waals surface area (Å²) in [5.74, 6) is 0. The minimum atomic E-state index is -3.39. The number of hydrogen-bond donors (Lipinski definition) is 0. The Balaban J connectivity index is 1.54. The van der Waals surface area contributed by atoms with Gasteiger partial charge in [-0.3, -0.25) is 0 Å². The minimum absolute atomic E-state index is 0.327. The third kappa shape index (κ3) is 4.17. The standard InChI is InChI=1S/C18H27NO4S/c1-2-3-4-5-6-15-7-9-16(10-8-15)17-18(23-17)24(20,21)19-11-13-22-14-12-19/h7-10,17-18H,2-6,11-14H2,1H3. The number of benzene rings is 1. The maximum absolute atomic E-state index is 12.5. The van der Waals surface area contributed by atoms with Crippen LogP contribution in [0.4, 0.5) is 0 Å². The van der Waals surface area contributed by atoms with E-state index in [1.807, 2.05) is 12.1 Å². The number of aryl methyl sites for hydroxylation is 1. The van der Waals surface area contributed by atoms with Gasteiger partial charge in [-0.25, -0.2) is 8.42 Å². The first kappa shape index (κ1) is 17.9. The van der Waals surface area contributed by atoms with Gasteiger partial charge in [-0.1, -0.05) is 50.5 Å². The molecule has 0 bridgehead atoms. The lowest BCUT2D eigenvalue weighted by Crippen LogP contribution is -2.42. The smallest absolute Gasteiger partial charge is 0.244 e. The van der Waals surface area contributed by atoms with Gasteiger partial charge in [-0.15, -0.1) is 0 Å². The average Bonchev–Trinajstić information content (AvgIpc) is 3.42. The van der Waals surface area contributed by atoms with E-state index < -0.39 is 15.5 Å². The largest absolute Gasteiger partial charge is 0.379 e. The van der Waals surface area contributed by atoms with Crippen molar-refractivity contribution in [2.75, 3.05) is 26.3 Å². The van der Waals surface area contributed by atoms with E-state index in [2.05, 4.69) is 19.1 Å². The Kier molecular flexibility index (Phi) is 5.92. The zero-order valence-electron chi connectivity index (χ0n) is 14.3. The molecule has 0 aromatic heterocycles. The molecule has 2 fully saturated rings. The molecule has 0 N–H and O–H groups in total. The summed E-state index contributed by atoms with van der Waals surface area (Å²) < 4.78 is 37.3. The molecule has 134 valence electrons. The van der Waals surface area contributed by atoms with Crippen LogP contribution in [0.2, 0.25) is 0 Å². The summed E-state index contributed by atoms with van der Waals surface area (Å²) >= 11 is 0. The highest BCUT2D eigenvalue weighted by molar-refractivity contribution is 7.89. The molecule has 2 unspecified atom stereocenters. The van der Waals surface area contributed by atoms with E-state index in [4.69, 9.17) is 9.47 Å². The van der Waals surface area contributed by atoms with Gasteiger partial charge in [0.25, 0.3) is 0 Å². The fourth-order valence-electron chi connectivity index (χ4n) is 3.14. The second-order valence-electron chi connectivity index (χ2n) is 6.53. The van der Waals surface area contributed by atoms with E-state index in [9.17, 15) is 8.42 Å². The number of hydrogen-bond acceptors (Lipinski definition) is 4. The van der Waals surface area contributed by atoms with Crippen molar-refractivity contribution in [3.63, 3.8) is 0 Å². The third-order valence-corrected chi connectivity index (χ3v) is 6.73. The highest BCUT2D eigenvalue weighted by Crippen LogP contribution is 2.43. The fourth-order valence-corrected chi connectivity index (χ4v) is 4.82. The molecule has 1 aromatic carbocycles. The number of unbranched alkanes of at least 4 members (excludes halogenated alkanes) is 3. The van der Waals surface area contributed by atoms with Gasteiger partial charge in [-0.2, -0.15) is 4.31 Å². The zero-order chi connectivity index (χ0) is 17.0. The third-order valence-electron chi connectivity index (χ3n) is 4.70. The Morgan fingerprint density at radius 2 is 1.79 bits per heavy atom. The first-order chi connectivity index (χ1) is 11.6.